The largest absolute Gasteiger partial charge is 1.00 e. The van der Waals surface area contributed by atoms with E-state index >= 15 is 0 Å². The predicted molar refractivity (Wildman–Crippen MR) is 109 cm³/mol. The Bertz CT molecular complexity index is 401. The van der Waals surface area contributed by atoms with Gasteiger partial charge < -0.3 is 9.66 Å². The quantitative estimate of drug-likeness (QED) is 0.200. The first kappa shape index (κ1) is 30.1. The van der Waals surface area contributed by atoms with Gasteiger partial charge in [0.05, 0.1) is 16.2 Å². The van der Waals surface area contributed by atoms with Crippen LogP contribution in [0.3, 0.4) is 0 Å². The summed E-state index contributed by atoms with van der Waals surface area (Å²) in [6.07, 6.45) is 16.7. The average molecular weight is 415 g/mol. The Labute approximate surface area is 191 Å². The van der Waals surface area contributed by atoms with Crippen LogP contribution in [0.2, 0.25) is 0 Å². The van der Waals surface area contributed by atoms with E-state index < -0.39 is 15.4 Å². The molecule has 0 saturated carbocycles. The minimum atomic E-state index is -4.16. The summed E-state index contributed by atoms with van der Waals surface area (Å²) in [7, 11) is -4.16. The van der Waals surface area contributed by atoms with Gasteiger partial charge in [0, 0.05) is 5.25 Å². The van der Waals surface area contributed by atoms with Gasteiger partial charge in [0.2, 0.25) is 0 Å². The molecule has 0 rings (SSSR count). The van der Waals surface area contributed by atoms with Crippen LogP contribution in [-0.2, 0) is 10.1 Å². The predicted octanol–water partition coefficient (Wildman–Crippen LogP) is 2.94. The van der Waals surface area contributed by atoms with E-state index in [0.717, 1.165) is 64.2 Å². The van der Waals surface area contributed by atoms with E-state index in [1.807, 2.05) is 0 Å². The van der Waals surface area contributed by atoms with Crippen LogP contribution in [0.5, 0.6) is 0 Å². The Kier molecular flexibility index (Phi) is 22.4. The standard InChI is InChI=1S/C21H44O4S.Na/c1-3-5-7-8-9-13-16-20(22)17-14-10-11-15-19-21(26(23,24)25)18-12-6-4-2;/h20-22H,3-19H2,1-2H3,(H,23,24,25);/q;+1/p-1. The molecule has 158 valence electrons. The molecule has 4 nitrogen and oxygen atoms in total. The molecule has 0 aliphatic carbocycles. The maximum atomic E-state index is 11.3. The molecule has 0 aromatic heterocycles. The zero-order valence-electron chi connectivity index (χ0n) is 18.3. The van der Waals surface area contributed by atoms with E-state index in [1.165, 1.54) is 32.1 Å². The van der Waals surface area contributed by atoms with Crippen molar-refractivity contribution in [2.75, 3.05) is 0 Å². The van der Waals surface area contributed by atoms with Crippen LogP contribution in [-0.4, -0.2) is 29.4 Å². The van der Waals surface area contributed by atoms with Crippen molar-refractivity contribution in [3.05, 3.63) is 0 Å². The molecule has 0 amide bonds. The molecule has 0 fully saturated rings. The molecule has 2 atom stereocenters. The number of aliphatic hydroxyl groups excluding tert-OH is 1. The Hall–Kier alpha value is 0.870. The summed E-state index contributed by atoms with van der Waals surface area (Å²) in [4.78, 5) is 0. The van der Waals surface area contributed by atoms with Gasteiger partial charge in [-0.15, -0.1) is 0 Å². The monoisotopic (exact) mass is 414 g/mol. The van der Waals surface area contributed by atoms with Crippen LogP contribution in [0.25, 0.3) is 0 Å². The molecular weight excluding hydrogens is 371 g/mol. The van der Waals surface area contributed by atoms with Crippen molar-refractivity contribution in [2.45, 2.75) is 134 Å². The van der Waals surface area contributed by atoms with E-state index in [4.69, 9.17) is 0 Å². The molecule has 0 spiro atoms. The molecule has 0 radical (unpaired) electrons. The van der Waals surface area contributed by atoms with Crippen molar-refractivity contribution in [1.82, 2.24) is 0 Å². The molecule has 0 aliphatic heterocycles. The van der Waals surface area contributed by atoms with Gasteiger partial charge >= 0.3 is 29.6 Å². The fourth-order valence-corrected chi connectivity index (χ4v) is 4.38. The topological polar surface area (TPSA) is 77.4 Å². The number of unbranched alkanes of at least 4 members (excludes halogenated alkanes) is 10. The number of hydrogen-bond donors (Lipinski definition) is 1. The summed E-state index contributed by atoms with van der Waals surface area (Å²) in [5, 5.41) is 9.30. The maximum absolute atomic E-state index is 11.3. The second kappa shape index (κ2) is 20.2. The Morgan fingerprint density at radius 1 is 0.667 bits per heavy atom. The minimum Gasteiger partial charge on any atom is -0.748 e. The number of hydrogen-bond acceptors (Lipinski definition) is 4. The third kappa shape index (κ3) is 19.9. The van der Waals surface area contributed by atoms with E-state index in [0.29, 0.717) is 12.8 Å². The summed E-state index contributed by atoms with van der Waals surface area (Å²) in [6, 6.07) is 0. The zero-order chi connectivity index (χ0) is 19.7. The van der Waals surface area contributed by atoms with Crippen molar-refractivity contribution in [2.24, 2.45) is 0 Å². The smallest absolute Gasteiger partial charge is 0.748 e. The molecule has 6 heteroatoms. The van der Waals surface area contributed by atoms with Crippen LogP contribution in [0.4, 0.5) is 0 Å². The van der Waals surface area contributed by atoms with Gasteiger partial charge in [0.25, 0.3) is 0 Å². The summed E-state index contributed by atoms with van der Waals surface area (Å²) < 4.78 is 34.0. The van der Waals surface area contributed by atoms with Gasteiger partial charge in [-0.25, -0.2) is 8.42 Å². The fourth-order valence-electron chi connectivity index (χ4n) is 3.47. The first-order valence-corrected chi connectivity index (χ1v) is 12.5. The van der Waals surface area contributed by atoms with Crippen LogP contribution < -0.4 is 29.6 Å². The third-order valence-corrected chi connectivity index (χ3v) is 6.53. The zero-order valence-corrected chi connectivity index (χ0v) is 21.1. The van der Waals surface area contributed by atoms with Gasteiger partial charge in [-0.05, 0) is 25.7 Å². The van der Waals surface area contributed by atoms with Crippen molar-refractivity contribution in [3.63, 3.8) is 0 Å². The minimum absolute atomic E-state index is 0. The SMILES string of the molecule is CCCCCCCCC(O)CCCCCCC(CCCCC)S(=O)(=O)[O-].[Na+]. The Morgan fingerprint density at radius 3 is 1.44 bits per heavy atom. The van der Waals surface area contributed by atoms with E-state index in [1.54, 1.807) is 0 Å². The number of aliphatic hydroxyl groups is 1. The Morgan fingerprint density at radius 2 is 1.00 bits per heavy atom. The molecule has 1 N–H and O–H groups in total. The summed E-state index contributed by atoms with van der Waals surface area (Å²) in [5.41, 5.74) is 0. The van der Waals surface area contributed by atoms with Crippen molar-refractivity contribution in [1.29, 1.82) is 0 Å². The molecule has 0 aromatic rings. The van der Waals surface area contributed by atoms with Crippen LogP contribution >= 0.6 is 0 Å². The third-order valence-electron chi connectivity index (χ3n) is 5.24. The molecule has 0 saturated heterocycles. The molecule has 0 aromatic carbocycles. The fraction of sp³-hybridized carbons (Fsp3) is 1.00. The molecule has 27 heavy (non-hydrogen) atoms. The van der Waals surface area contributed by atoms with Gasteiger partial charge in [-0.3, -0.25) is 0 Å². The summed E-state index contributed by atoms with van der Waals surface area (Å²) in [5.74, 6) is 0. The van der Waals surface area contributed by atoms with Gasteiger partial charge in [-0.1, -0.05) is 97.3 Å². The maximum Gasteiger partial charge on any atom is 1.00 e. The second-order valence-corrected chi connectivity index (χ2v) is 9.46. The Balaban J connectivity index is 0. The molecule has 0 bridgehead atoms. The van der Waals surface area contributed by atoms with Gasteiger partial charge in [0.15, 0.2) is 0 Å². The van der Waals surface area contributed by atoms with Crippen molar-refractivity contribution in [3.8, 4) is 0 Å². The molecular formula is C21H43NaO4S. The second-order valence-electron chi connectivity index (χ2n) is 7.81. The van der Waals surface area contributed by atoms with Crippen LogP contribution in [0.15, 0.2) is 0 Å². The molecule has 0 aliphatic rings. The van der Waals surface area contributed by atoms with Crippen LogP contribution in [0.1, 0.15) is 123 Å². The summed E-state index contributed by atoms with van der Waals surface area (Å²) >= 11 is 0. The van der Waals surface area contributed by atoms with Crippen LogP contribution in [0, 0.1) is 0 Å². The number of rotatable bonds is 19. The molecule has 2 unspecified atom stereocenters. The van der Waals surface area contributed by atoms with E-state index in [-0.39, 0.29) is 35.7 Å². The average Bonchev–Trinajstić information content (AvgIpc) is 2.58. The molecule has 0 heterocycles. The van der Waals surface area contributed by atoms with E-state index in [9.17, 15) is 18.1 Å². The van der Waals surface area contributed by atoms with Gasteiger partial charge in [-0.2, -0.15) is 0 Å². The van der Waals surface area contributed by atoms with Crippen molar-refractivity contribution < 1.29 is 47.6 Å². The first-order valence-electron chi connectivity index (χ1n) is 11.0. The van der Waals surface area contributed by atoms with Gasteiger partial charge in [0.1, 0.15) is 0 Å². The van der Waals surface area contributed by atoms with E-state index in [2.05, 4.69) is 13.8 Å². The first-order chi connectivity index (χ1) is 12.4. The summed E-state index contributed by atoms with van der Waals surface area (Å²) in [6.45, 7) is 4.29. The normalized spacial score (nSPS) is 13.9. The van der Waals surface area contributed by atoms with Crippen molar-refractivity contribution >= 4 is 10.1 Å².